The Hall–Kier alpha value is -0.220. The lowest BCUT2D eigenvalue weighted by molar-refractivity contribution is -0.146. The van der Waals surface area contributed by atoms with Gasteiger partial charge >= 0.3 is 0 Å². The van der Waals surface area contributed by atoms with E-state index >= 15 is 0 Å². The number of likely N-dealkylation sites (tertiary alicyclic amines) is 2. The van der Waals surface area contributed by atoms with Crippen LogP contribution in [0.4, 0.5) is 8.78 Å². The van der Waals surface area contributed by atoms with Crippen molar-refractivity contribution in [3.63, 3.8) is 0 Å². The Labute approximate surface area is 96.6 Å². The molecule has 2 aliphatic heterocycles. The van der Waals surface area contributed by atoms with Crippen LogP contribution in [-0.2, 0) is 0 Å². The van der Waals surface area contributed by atoms with E-state index in [-0.39, 0.29) is 6.54 Å². The van der Waals surface area contributed by atoms with E-state index in [2.05, 4.69) is 6.92 Å². The van der Waals surface area contributed by atoms with Gasteiger partial charge in [0.05, 0.1) is 12.6 Å². The van der Waals surface area contributed by atoms with Crippen molar-refractivity contribution in [2.45, 2.75) is 38.2 Å². The lowest BCUT2D eigenvalue weighted by atomic mass is 9.89. The monoisotopic (exact) mass is 232 g/mol. The highest BCUT2D eigenvalue weighted by atomic mass is 19.3. The number of hydrogen-bond donors (Lipinski definition) is 0. The van der Waals surface area contributed by atoms with Gasteiger partial charge in [0.25, 0.3) is 5.92 Å². The number of nitrogens with zero attached hydrogens (tertiary/aromatic N) is 2. The third kappa shape index (κ3) is 2.38. The molecule has 2 saturated heterocycles. The van der Waals surface area contributed by atoms with Crippen molar-refractivity contribution in [3.8, 4) is 0 Å². The largest absolute Gasteiger partial charge is 0.300 e. The molecule has 0 bridgehead atoms. The summed E-state index contributed by atoms with van der Waals surface area (Å²) in [4.78, 5) is 3.73. The van der Waals surface area contributed by atoms with Crippen LogP contribution in [0, 0.1) is 5.92 Å². The average molecular weight is 232 g/mol. The molecule has 1 atom stereocenters. The van der Waals surface area contributed by atoms with Crippen LogP contribution in [0.5, 0.6) is 0 Å². The van der Waals surface area contributed by atoms with Crippen molar-refractivity contribution >= 4 is 0 Å². The first-order valence-electron chi connectivity index (χ1n) is 6.33. The predicted molar refractivity (Wildman–Crippen MR) is 60.8 cm³/mol. The van der Waals surface area contributed by atoms with E-state index in [0.717, 1.165) is 19.6 Å². The normalized spacial score (nSPS) is 32.6. The van der Waals surface area contributed by atoms with E-state index in [1.807, 2.05) is 4.90 Å². The first-order valence-corrected chi connectivity index (χ1v) is 6.33. The zero-order valence-corrected chi connectivity index (χ0v) is 10.3. The van der Waals surface area contributed by atoms with Crippen LogP contribution in [0.3, 0.4) is 0 Å². The van der Waals surface area contributed by atoms with Crippen LogP contribution in [0.2, 0.25) is 0 Å². The summed E-state index contributed by atoms with van der Waals surface area (Å²) in [6.45, 7) is 4.66. The van der Waals surface area contributed by atoms with Gasteiger partial charge in [0.1, 0.15) is 0 Å². The Kier molecular flexibility index (Phi) is 3.50. The Morgan fingerprint density at radius 3 is 2.56 bits per heavy atom. The van der Waals surface area contributed by atoms with Crippen LogP contribution in [0.25, 0.3) is 0 Å². The number of halogens is 2. The van der Waals surface area contributed by atoms with Gasteiger partial charge in [-0.05, 0) is 32.4 Å². The second-order valence-corrected chi connectivity index (χ2v) is 5.41. The summed E-state index contributed by atoms with van der Waals surface area (Å²) in [7, 11) is 1.78. The molecule has 2 aliphatic rings. The lowest BCUT2D eigenvalue weighted by Gasteiger charge is -2.49. The molecule has 0 N–H and O–H groups in total. The topological polar surface area (TPSA) is 6.48 Å². The quantitative estimate of drug-likeness (QED) is 0.735. The van der Waals surface area contributed by atoms with E-state index in [1.165, 1.54) is 12.8 Å². The van der Waals surface area contributed by atoms with Gasteiger partial charge in [-0.25, -0.2) is 8.78 Å². The van der Waals surface area contributed by atoms with E-state index in [0.29, 0.717) is 12.3 Å². The SMILES string of the molecule is CCCC1CN(C2CCN(C)CC2(F)F)C1. The highest BCUT2D eigenvalue weighted by molar-refractivity contribution is 4.96. The van der Waals surface area contributed by atoms with Gasteiger partial charge < -0.3 is 4.90 Å². The molecule has 0 aromatic carbocycles. The van der Waals surface area contributed by atoms with Gasteiger partial charge in [-0.3, -0.25) is 4.90 Å². The maximum atomic E-state index is 13.8. The van der Waals surface area contributed by atoms with Gasteiger partial charge in [-0.1, -0.05) is 13.3 Å². The summed E-state index contributed by atoms with van der Waals surface area (Å²) >= 11 is 0. The molecule has 0 aromatic rings. The highest BCUT2D eigenvalue weighted by Crippen LogP contribution is 2.35. The molecule has 2 rings (SSSR count). The molecule has 0 saturated carbocycles. The fourth-order valence-corrected chi connectivity index (χ4v) is 3.00. The van der Waals surface area contributed by atoms with E-state index in [1.54, 1.807) is 11.9 Å². The van der Waals surface area contributed by atoms with Crippen molar-refractivity contribution in [1.82, 2.24) is 9.80 Å². The van der Waals surface area contributed by atoms with Crippen molar-refractivity contribution in [2.24, 2.45) is 5.92 Å². The van der Waals surface area contributed by atoms with Gasteiger partial charge in [-0.15, -0.1) is 0 Å². The molecule has 0 radical (unpaired) electrons. The minimum Gasteiger partial charge on any atom is -0.300 e. The van der Waals surface area contributed by atoms with Gasteiger partial charge in [0, 0.05) is 13.1 Å². The first-order chi connectivity index (χ1) is 7.53. The fourth-order valence-electron chi connectivity index (χ4n) is 3.00. The molecule has 0 aromatic heterocycles. The predicted octanol–water partition coefficient (Wildman–Crippen LogP) is 2.06. The van der Waals surface area contributed by atoms with Gasteiger partial charge in [0.2, 0.25) is 0 Å². The van der Waals surface area contributed by atoms with Crippen molar-refractivity contribution in [1.29, 1.82) is 0 Å². The van der Waals surface area contributed by atoms with Crippen LogP contribution in [-0.4, -0.2) is 55.0 Å². The smallest absolute Gasteiger partial charge is 0.275 e. The van der Waals surface area contributed by atoms with E-state index in [9.17, 15) is 8.78 Å². The maximum absolute atomic E-state index is 13.8. The summed E-state index contributed by atoms with van der Waals surface area (Å²) in [6.07, 6.45) is 2.97. The number of piperidine rings is 1. The lowest BCUT2D eigenvalue weighted by Crippen LogP contribution is -2.63. The van der Waals surface area contributed by atoms with Crippen LogP contribution in [0.15, 0.2) is 0 Å². The molecule has 0 spiro atoms. The Morgan fingerprint density at radius 2 is 2.00 bits per heavy atom. The number of alkyl halides is 2. The summed E-state index contributed by atoms with van der Waals surface area (Å²) in [5, 5.41) is 0. The second kappa shape index (κ2) is 4.57. The second-order valence-electron chi connectivity index (χ2n) is 5.41. The molecule has 4 heteroatoms. The van der Waals surface area contributed by atoms with E-state index < -0.39 is 12.0 Å². The highest BCUT2D eigenvalue weighted by Gasteiger charge is 2.49. The van der Waals surface area contributed by atoms with Crippen molar-refractivity contribution in [2.75, 3.05) is 33.2 Å². The van der Waals surface area contributed by atoms with E-state index in [4.69, 9.17) is 0 Å². The molecule has 2 fully saturated rings. The third-order valence-electron chi connectivity index (χ3n) is 3.88. The summed E-state index contributed by atoms with van der Waals surface area (Å²) in [5.41, 5.74) is 0. The molecule has 2 heterocycles. The first kappa shape index (κ1) is 12.2. The molecule has 1 unspecified atom stereocenters. The molecule has 16 heavy (non-hydrogen) atoms. The van der Waals surface area contributed by atoms with Crippen LogP contribution in [0.1, 0.15) is 26.2 Å². The van der Waals surface area contributed by atoms with Crippen LogP contribution >= 0.6 is 0 Å². The Bertz CT molecular complexity index is 239. The summed E-state index contributed by atoms with van der Waals surface area (Å²) in [5.74, 6) is -1.86. The number of hydrogen-bond acceptors (Lipinski definition) is 2. The van der Waals surface area contributed by atoms with Crippen molar-refractivity contribution in [3.05, 3.63) is 0 Å². The Balaban J connectivity index is 1.86. The van der Waals surface area contributed by atoms with Gasteiger partial charge in [-0.2, -0.15) is 0 Å². The standard InChI is InChI=1S/C12H22F2N2/c1-3-4-10-7-16(8-10)11-5-6-15(2)9-12(11,13)14/h10-11H,3-9H2,1-2H3. The average Bonchev–Trinajstić information content (AvgIpc) is 2.11. The van der Waals surface area contributed by atoms with Crippen molar-refractivity contribution < 1.29 is 8.78 Å². The zero-order chi connectivity index (χ0) is 11.8. The van der Waals surface area contributed by atoms with Crippen LogP contribution < -0.4 is 0 Å². The summed E-state index contributed by atoms with van der Waals surface area (Å²) < 4.78 is 27.6. The molecule has 2 nitrogen and oxygen atoms in total. The molecular weight excluding hydrogens is 210 g/mol. The number of rotatable bonds is 3. The Morgan fingerprint density at radius 1 is 1.31 bits per heavy atom. The maximum Gasteiger partial charge on any atom is 0.275 e. The molecule has 94 valence electrons. The van der Waals surface area contributed by atoms with Gasteiger partial charge in [0.15, 0.2) is 0 Å². The third-order valence-corrected chi connectivity index (χ3v) is 3.88. The minimum absolute atomic E-state index is 0.0768. The minimum atomic E-state index is -2.52. The molecule has 0 aliphatic carbocycles. The molecular formula is C12H22F2N2. The zero-order valence-electron chi connectivity index (χ0n) is 10.3. The molecule has 0 amide bonds. The summed E-state index contributed by atoms with van der Waals surface area (Å²) in [6, 6.07) is -0.503. The fraction of sp³-hybridized carbons (Fsp3) is 1.00.